The highest BCUT2D eigenvalue weighted by Crippen LogP contribution is 2.28. The van der Waals surface area contributed by atoms with Crippen LogP contribution in [0.1, 0.15) is 10.4 Å². The molecule has 0 aliphatic heterocycles. The van der Waals surface area contributed by atoms with Crippen molar-refractivity contribution < 1.29 is 13.9 Å². The van der Waals surface area contributed by atoms with Crippen LogP contribution in [0, 0.1) is 5.82 Å². The maximum atomic E-state index is 13.9. The maximum absolute atomic E-state index is 13.9. The number of aromatic amines is 1. The number of halogens is 1. The van der Waals surface area contributed by atoms with Crippen molar-refractivity contribution in [1.82, 2.24) is 9.97 Å². The minimum absolute atomic E-state index is 0.00306. The molecule has 6 heteroatoms. The van der Waals surface area contributed by atoms with Gasteiger partial charge in [0.05, 0.1) is 17.3 Å². The number of ether oxygens (including phenoxy) is 1. The van der Waals surface area contributed by atoms with E-state index in [1.54, 1.807) is 48.7 Å². The third-order valence-electron chi connectivity index (χ3n) is 4.09. The molecule has 0 aliphatic rings. The molecule has 132 valence electrons. The van der Waals surface area contributed by atoms with E-state index in [0.29, 0.717) is 11.1 Å². The molecule has 2 aromatic heterocycles. The number of benzene rings is 2. The van der Waals surface area contributed by atoms with Crippen LogP contribution in [0.15, 0.2) is 77.9 Å². The molecule has 2 heterocycles. The molecule has 4 aromatic rings. The number of H-pyrrole nitrogens is 1. The van der Waals surface area contributed by atoms with Crippen molar-refractivity contribution in [2.75, 3.05) is 0 Å². The number of nitrogens with one attached hydrogen (secondary N) is 1. The zero-order chi connectivity index (χ0) is 18.8. The van der Waals surface area contributed by atoms with E-state index in [2.05, 4.69) is 9.97 Å². The lowest BCUT2D eigenvalue weighted by Crippen LogP contribution is -2.19. The Hall–Kier alpha value is -3.80. The van der Waals surface area contributed by atoms with Crippen molar-refractivity contribution >= 4 is 16.9 Å². The van der Waals surface area contributed by atoms with Crippen LogP contribution in [-0.2, 0) is 0 Å². The standard InChI is InChI=1S/C21H13FN2O3/c22-14-8-9-17-16(11-14)19(21(26)27-15-7-4-10-23-12-15)18(20(25)24-17)13-5-2-1-3-6-13/h1-12H,(H,24,25). The van der Waals surface area contributed by atoms with Crippen LogP contribution in [-0.4, -0.2) is 15.9 Å². The fourth-order valence-electron chi connectivity index (χ4n) is 2.92. The quantitative estimate of drug-likeness (QED) is 0.562. The number of nitrogens with zero attached hydrogens (tertiary/aromatic N) is 1. The first kappa shape index (κ1) is 16.7. The Morgan fingerprint density at radius 3 is 2.59 bits per heavy atom. The Labute approximate surface area is 153 Å². The van der Waals surface area contributed by atoms with Crippen LogP contribution in [0.25, 0.3) is 22.0 Å². The highest BCUT2D eigenvalue weighted by atomic mass is 19.1. The van der Waals surface area contributed by atoms with Gasteiger partial charge in [-0.1, -0.05) is 30.3 Å². The summed E-state index contributed by atoms with van der Waals surface area (Å²) in [7, 11) is 0. The molecule has 0 fully saturated rings. The van der Waals surface area contributed by atoms with Crippen LogP contribution in [0.3, 0.4) is 0 Å². The molecule has 27 heavy (non-hydrogen) atoms. The van der Waals surface area contributed by atoms with E-state index in [9.17, 15) is 14.0 Å². The lowest BCUT2D eigenvalue weighted by atomic mass is 9.97. The molecular weight excluding hydrogens is 347 g/mol. The second kappa shape index (κ2) is 6.84. The minimum Gasteiger partial charge on any atom is -0.421 e. The van der Waals surface area contributed by atoms with E-state index < -0.39 is 17.3 Å². The first-order valence-electron chi connectivity index (χ1n) is 8.16. The van der Waals surface area contributed by atoms with Gasteiger partial charge in [-0.2, -0.15) is 0 Å². The zero-order valence-corrected chi connectivity index (χ0v) is 14.0. The number of rotatable bonds is 3. The summed E-state index contributed by atoms with van der Waals surface area (Å²) in [5, 5.41) is 0.266. The fourth-order valence-corrected chi connectivity index (χ4v) is 2.92. The van der Waals surface area contributed by atoms with Crippen molar-refractivity contribution in [2.45, 2.75) is 0 Å². The Balaban J connectivity index is 1.99. The van der Waals surface area contributed by atoms with Crippen molar-refractivity contribution in [3.8, 4) is 16.9 Å². The molecule has 0 saturated heterocycles. The topological polar surface area (TPSA) is 72.0 Å². The van der Waals surface area contributed by atoms with Crippen molar-refractivity contribution in [3.05, 3.63) is 94.8 Å². The van der Waals surface area contributed by atoms with E-state index in [4.69, 9.17) is 4.74 Å². The van der Waals surface area contributed by atoms with Crippen LogP contribution in [0.5, 0.6) is 5.75 Å². The molecule has 0 saturated carbocycles. The summed E-state index contributed by atoms with van der Waals surface area (Å²) in [6.07, 6.45) is 2.93. The summed E-state index contributed by atoms with van der Waals surface area (Å²) < 4.78 is 19.3. The van der Waals surface area contributed by atoms with Crippen LogP contribution >= 0.6 is 0 Å². The average Bonchev–Trinajstić information content (AvgIpc) is 2.68. The fraction of sp³-hybridized carbons (Fsp3) is 0. The van der Waals surface area contributed by atoms with Gasteiger partial charge >= 0.3 is 5.97 Å². The largest absolute Gasteiger partial charge is 0.421 e. The third kappa shape index (κ3) is 3.20. The molecule has 0 aliphatic carbocycles. The highest BCUT2D eigenvalue weighted by molar-refractivity contribution is 6.09. The van der Waals surface area contributed by atoms with E-state index in [0.717, 1.165) is 0 Å². The van der Waals surface area contributed by atoms with E-state index in [-0.39, 0.29) is 22.3 Å². The van der Waals surface area contributed by atoms with Gasteiger partial charge in [0, 0.05) is 17.1 Å². The first-order valence-corrected chi connectivity index (χ1v) is 8.16. The molecule has 0 atom stereocenters. The van der Waals surface area contributed by atoms with E-state index in [1.165, 1.54) is 24.4 Å². The summed E-state index contributed by atoms with van der Waals surface area (Å²) in [6, 6.07) is 15.7. The smallest absolute Gasteiger partial charge is 0.345 e. The summed E-state index contributed by atoms with van der Waals surface area (Å²) in [5.74, 6) is -1.06. The Morgan fingerprint density at radius 2 is 1.85 bits per heavy atom. The van der Waals surface area contributed by atoms with Gasteiger partial charge in [-0.15, -0.1) is 0 Å². The van der Waals surface area contributed by atoms with Crippen LogP contribution in [0.4, 0.5) is 4.39 Å². The van der Waals surface area contributed by atoms with Crippen LogP contribution < -0.4 is 10.3 Å². The van der Waals surface area contributed by atoms with Gasteiger partial charge in [0.2, 0.25) is 0 Å². The Morgan fingerprint density at radius 1 is 1.04 bits per heavy atom. The second-order valence-electron chi connectivity index (χ2n) is 5.84. The molecule has 0 radical (unpaired) electrons. The first-order chi connectivity index (χ1) is 13.1. The van der Waals surface area contributed by atoms with Crippen molar-refractivity contribution in [1.29, 1.82) is 0 Å². The van der Waals surface area contributed by atoms with Gasteiger partial charge in [-0.3, -0.25) is 9.78 Å². The highest BCUT2D eigenvalue weighted by Gasteiger charge is 2.22. The third-order valence-corrected chi connectivity index (χ3v) is 4.09. The molecule has 0 spiro atoms. The number of carbonyl (C=O) groups excluding carboxylic acids is 1. The lowest BCUT2D eigenvalue weighted by Gasteiger charge is -2.12. The molecule has 4 rings (SSSR count). The van der Waals surface area contributed by atoms with E-state index in [1.807, 2.05) is 0 Å². The van der Waals surface area contributed by atoms with Gasteiger partial charge < -0.3 is 9.72 Å². The number of aromatic nitrogens is 2. The number of hydrogen-bond acceptors (Lipinski definition) is 4. The second-order valence-corrected chi connectivity index (χ2v) is 5.84. The van der Waals surface area contributed by atoms with Gasteiger partial charge in [0.25, 0.3) is 5.56 Å². The number of pyridine rings is 2. The summed E-state index contributed by atoms with van der Waals surface area (Å²) in [4.78, 5) is 32.3. The van der Waals surface area contributed by atoms with Gasteiger partial charge in [0.15, 0.2) is 0 Å². The lowest BCUT2D eigenvalue weighted by molar-refractivity contribution is 0.0737. The molecular formula is C21H13FN2O3. The summed E-state index contributed by atoms with van der Waals surface area (Å²) >= 11 is 0. The minimum atomic E-state index is -0.761. The van der Waals surface area contributed by atoms with Gasteiger partial charge in [-0.25, -0.2) is 9.18 Å². The molecule has 5 nitrogen and oxygen atoms in total. The molecule has 0 unspecified atom stereocenters. The monoisotopic (exact) mass is 360 g/mol. The van der Waals surface area contributed by atoms with Gasteiger partial charge in [0.1, 0.15) is 11.6 Å². The zero-order valence-electron chi connectivity index (χ0n) is 14.0. The van der Waals surface area contributed by atoms with Crippen molar-refractivity contribution in [3.63, 3.8) is 0 Å². The molecule has 0 bridgehead atoms. The molecule has 1 N–H and O–H groups in total. The van der Waals surface area contributed by atoms with Crippen molar-refractivity contribution in [2.24, 2.45) is 0 Å². The number of fused-ring (bicyclic) bond motifs is 1. The molecule has 0 amide bonds. The van der Waals surface area contributed by atoms with Gasteiger partial charge in [-0.05, 0) is 35.9 Å². The van der Waals surface area contributed by atoms with E-state index >= 15 is 0 Å². The average molecular weight is 360 g/mol. The molecule has 2 aromatic carbocycles. The SMILES string of the molecule is O=C(Oc1cccnc1)c1c(-c2ccccc2)c(=O)[nH]c2ccc(F)cc12. The number of carbonyl (C=O) groups is 1. The van der Waals surface area contributed by atoms with Crippen LogP contribution in [0.2, 0.25) is 0 Å². The normalized spacial score (nSPS) is 10.7. The summed E-state index contributed by atoms with van der Waals surface area (Å²) in [5.41, 5.74) is 0.548. The predicted molar refractivity (Wildman–Crippen MR) is 99.2 cm³/mol. The summed E-state index contributed by atoms with van der Waals surface area (Å²) in [6.45, 7) is 0. The predicted octanol–water partition coefficient (Wildman–Crippen LogP) is 3.95. The number of esters is 1. The Bertz CT molecular complexity index is 1190. The Kier molecular flexibility index (Phi) is 4.22. The number of hydrogen-bond donors (Lipinski definition) is 1. The maximum Gasteiger partial charge on any atom is 0.345 e.